The van der Waals surface area contributed by atoms with Crippen LogP contribution in [0.15, 0.2) is 10.8 Å². The van der Waals surface area contributed by atoms with Gasteiger partial charge in [0, 0.05) is 0 Å². The van der Waals surface area contributed by atoms with Gasteiger partial charge in [-0.2, -0.15) is 0 Å². The summed E-state index contributed by atoms with van der Waals surface area (Å²) in [4.78, 5) is 0. The van der Waals surface area contributed by atoms with E-state index in [-0.39, 0.29) is 5.69 Å². The molecule has 0 atom stereocenters. The van der Waals surface area contributed by atoms with Crippen LogP contribution in [-0.4, -0.2) is 10.3 Å². The SMILES string of the molecule is [C]c1cnon1. The predicted molar refractivity (Wildman–Crippen MR) is 16.6 cm³/mol. The average molecular weight is 81.1 g/mol. The summed E-state index contributed by atoms with van der Waals surface area (Å²) in [6, 6.07) is 0. The van der Waals surface area contributed by atoms with Crippen molar-refractivity contribution in [3.8, 4) is 0 Å². The van der Waals surface area contributed by atoms with E-state index in [1.807, 2.05) is 0 Å². The van der Waals surface area contributed by atoms with Gasteiger partial charge < -0.3 is 0 Å². The maximum Gasteiger partial charge on any atom is 0.114 e. The molecule has 1 rings (SSSR count). The molecule has 0 saturated heterocycles. The summed E-state index contributed by atoms with van der Waals surface area (Å²) in [5.74, 6) is 0. The number of hydrogen-bond acceptors (Lipinski definition) is 3. The van der Waals surface area contributed by atoms with Crippen molar-refractivity contribution >= 4 is 0 Å². The zero-order valence-corrected chi connectivity index (χ0v) is 2.88. The van der Waals surface area contributed by atoms with Gasteiger partial charge in [0.15, 0.2) is 0 Å². The van der Waals surface area contributed by atoms with Crippen molar-refractivity contribution in [2.75, 3.05) is 0 Å². The molecular formula is C3HN2O. The summed E-state index contributed by atoms with van der Waals surface area (Å²) in [5.41, 5.74) is 0.0648. The number of rotatable bonds is 0. The van der Waals surface area contributed by atoms with Gasteiger partial charge in [-0.15, -0.1) is 0 Å². The lowest BCUT2D eigenvalue weighted by Gasteiger charge is -1.56. The van der Waals surface area contributed by atoms with Crippen LogP contribution in [0.3, 0.4) is 0 Å². The molecule has 1 aromatic rings. The highest BCUT2D eigenvalue weighted by molar-refractivity contribution is 4.91. The first-order chi connectivity index (χ1) is 2.89. The van der Waals surface area contributed by atoms with Crippen molar-refractivity contribution < 1.29 is 4.63 Å². The molecule has 0 amide bonds. The van der Waals surface area contributed by atoms with Crippen LogP contribution < -0.4 is 0 Å². The molecule has 0 aromatic carbocycles. The molecule has 0 aliphatic carbocycles. The van der Waals surface area contributed by atoms with Gasteiger partial charge in [-0.05, 0) is 0 Å². The molecule has 0 saturated carbocycles. The molecule has 1 heterocycles. The van der Waals surface area contributed by atoms with Gasteiger partial charge in [0.2, 0.25) is 0 Å². The summed E-state index contributed by atoms with van der Waals surface area (Å²) < 4.78 is 4.03. The van der Waals surface area contributed by atoms with Gasteiger partial charge in [-0.1, -0.05) is 10.3 Å². The van der Waals surface area contributed by atoms with E-state index in [0.29, 0.717) is 0 Å². The fourth-order valence-corrected chi connectivity index (χ4v) is 0.165. The van der Waals surface area contributed by atoms with Gasteiger partial charge in [0.25, 0.3) is 0 Å². The highest BCUT2D eigenvalue weighted by atomic mass is 16.6. The Kier molecular flexibility index (Phi) is 0.602. The minimum Gasteiger partial charge on any atom is -0.244 e. The van der Waals surface area contributed by atoms with Crippen molar-refractivity contribution in [3.63, 3.8) is 0 Å². The maximum absolute atomic E-state index is 6.61. The molecule has 0 aliphatic rings. The number of aromatic nitrogens is 2. The lowest BCUT2D eigenvalue weighted by atomic mass is 10.6. The van der Waals surface area contributed by atoms with E-state index in [0.717, 1.165) is 0 Å². The third kappa shape index (κ3) is 0.381. The molecule has 0 aliphatic heterocycles. The van der Waals surface area contributed by atoms with E-state index >= 15 is 0 Å². The Labute approximate surface area is 34.9 Å². The van der Waals surface area contributed by atoms with E-state index in [2.05, 4.69) is 14.9 Å². The fraction of sp³-hybridized carbons (Fsp3) is 0. The van der Waals surface area contributed by atoms with E-state index in [1.54, 1.807) is 0 Å². The smallest absolute Gasteiger partial charge is 0.114 e. The molecule has 1 aromatic heterocycles. The predicted octanol–water partition coefficient (Wildman–Crippen LogP) is 0.00579. The largest absolute Gasteiger partial charge is 0.244 e. The highest BCUT2D eigenvalue weighted by Crippen LogP contribution is 1.80. The topological polar surface area (TPSA) is 38.9 Å². The van der Waals surface area contributed by atoms with Crippen molar-refractivity contribution in [1.82, 2.24) is 10.3 Å². The van der Waals surface area contributed by atoms with E-state index in [9.17, 15) is 0 Å². The minimum atomic E-state index is 0.0648. The van der Waals surface area contributed by atoms with Gasteiger partial charge in [0.1, 0.15) is 5.69 Å². The second-order valence-electron chi connectivity index (χ2n) is 0.793. The Morgan fingerprint density at radius 1 is 1.83 bits per heavy atom. The van der Waals surface area contributed by atoms with Gasteiger partial charge >= 0.3 is 0 Å². The first-order valence-corrected chi connectivity index (χ1v) is 1.39. The summed E-state index contributed by atoms with van der Waals surface area (Å²) in [6.07, 6.45) is 1.22. The second-order valence-corrected chi connectivity index (χ2v) is 0.793. The van der Waals surface area contributed by atoms with Crippen LogP contribution in [-0.2, 0) is 0 Å². The third-order valence-corrected chi connectivity index (χ3v) is 0.361. The Bertz CT molecular complexity index is 112. The zero-order valence-electron chi connectivity index (χ0n) is 2.88. The Morgan fingerprint density at radius 3 is 2.83 bits per heavy atom. The van der Waals surface area contributed by atoms with Crippen molar-refractivity contribution in [2.45, 2.75) is 0 Å². The molecule has 3 nitrogen and oxygen atoms in total. The molecule has 29 valence electrons. The normalized spacial score (nSPS) is 8.83. The summed E-state index contributed by atoms with van der Waals surface area (Å²) >= 11 is 0. The van der Waals surface area contributed by atoms with Gasteiger partial charge in [-0.25, -0.2) is 4.63 Å². The van der Waals surface area contributed by atoms with Crippen LogP contribution in [0.2, 0.25) is 0 Å². The van der Waals surface area contributed by atoms with Crippen molar-refractivity contribution in [1.29, 1.82) is 0 Å². The first-order valence-electron chi connectivity index (χ1n) is 1.39. The Hall–Kier alpha value is -0.860. The number of hydrogen-bond donors (Lipinski definition) is 0. The average Bonchev–Trinajstić information content (AvgIpc) is 1.86. The maximum atomic E-state index is 6.61. The van der Waals surface area contributed by atoms with Crippen LogP contribution in [0.1, 0.15) is 5.69 Å². The fourth-order valence-electron chi connectivity index (χ4n) is 0.165. The molecule has 0 spiro atoms. The summed E-state index contributed by atoms with van der Waals surface area (Å²) in [6.45, 7) is 6.61. The molecule has 3 heteroatoms. The monoisotopic (exact) mass is 81.0 g/mol. The molecule has 0 bridgehead atoms. The van der Waals surface area contributed by atoms with Gasteiger partial charge in [-0.3, -0.25) is 0 Å². The van der Waals surface area contributed by atoms with Crippen LogP contribution in [0.5, 0.6) is 0 Å². The van der Waals surface area contributed by atoms with Crippen LogP contribution in [0.25, 0.3) is 0 Å². The molecule has 0 fully saturated rings. The third-order valence-electron chi connectivity index (χ3n) is 0.361. The second kappa shape index (κ2) is 1.08. The van der Waals surface area contributed by atoms with Crippen LogP contribution >= 0.6 is 0 Å². The van der Waals surface area contributed by atoms with Crippen LogP contribution in [0, 0.1) is 6.92 Å². The summed E-state index contributed by atoms with van der Waals surface area (Å²) in [7, 11) is 0. The molecule has 3 radical (unpaired) electrons. The summed E-state index contributed by atoms with van der Waals surface area (Å²) in [5, 5.41) is 6.25. The Balaban J connectivity index is 3.05. The van der Waals surface area contributed by atoms with E-state index in [4.69, 9.17) is 6.92 Å². The number of nitrogens with zero attached hydrogens (tertiary/aromatic N) is 2. The lowest BCUT2D eigenvalue weighted by molar-refractivity contribution is 0.305. The van der Waals surface area contributed by atoms with Gasteiger partial charge in [0.05, 0.1) is 13.1 Å². The quantitative estimate of drug-likeness (QED) is 0.441. The Morgan fingerprint density at radius 2 is 2.67 bits per heavy atom. The molecule has 0 N–H and O–H groups in total. The highest BCUT2D eigenvalue weighted by Gasteiger charge is 1.81. The van der Waals surface area contributed by atoms with E-state index in [1.165, 1.54) is 6.20 Å². The zero-order chi connectivity index (χ0) is 4.41. The van der Waals surface area contributed by atoms with Crippen molar-refractivity contribution in [2.24, 2.45) is 0 Å². The first kappa shape index (κ1) is 3.33. The molecule has 6 heavy (non-hydrogen) atoms. The standard InChI is InChI=1S/C3HN2O/c1-3-2-4-6-5-3/h2H. The van der Waals surface area contributed by atoms with Crippen LogP contribution in [0.4, 0.5) is 0 Å². The molecule has 0 unspecified atom stereocenters. The minimum absolute atomic E-state index is 0.0648. The van der Waals surface area contributed by atoms with Crippen molar-refractivity contribution in [3.05, 3.63) is 18.8 Å². The molecular weight excluding hydrogens is 80.0 g/mol. The lowest BCUT2D eigenvalue weighted by Crippen LogP contribution is -1.59. The van der Waals surface area contributed by atoms with E-state index < -0.39 is 0 Å².